The fourth-order valence-electron chi connectivity index (χ4n) is 4.42. The lowest BCUT2D eigenvalue weighted by atomic mass is 9.68. The second-order valence-corrected chi connectivity index (χ2v) is 8.27. The molecule has 1 amide bonds. The number of ether oxygens (including phenoxy) is 1. The minimum atomic E-state index is -0.871. The third-order valence-corrected chi connectivity index (χ3v) is 6.29. The maximum Gasteiger partial charge on any atom is 0.325 e. The van der Waals surface area contributed by atoms with Gasteiger partial charge in [-0.2, -0.15) is 5.10 Å². The Morgan fingerprint density at radius 3 is 2.76 bits per heavy atom. The number of fused-ring (bicyclic) bond motifs is 1. The number of piperidine rings is 1. The van der Waals surface area contributed by atoms with Gasteiger partial charge in [0.05, 0.1) is 30.4 Å². The van der Waals surface area contributed by atoms with Crippen molar-refractivity contribution in [3.05, 3.63) is 47.9 Å². The molecule has 2 aromatic heterocycles. The van der Waals surface area contributed by atoms with Crippen LogP contribution in [0.15, 0.2) is 36.7 Å². The number of nitrogens with one attached hydrogen (secondary N) is 1. The van der Waals surface area contributed by atoms with E-state index in [9.17, 15) is 14.4 Å². The zero-order chi connectivity index (χ0) is 23.6. The van der Waals surface area contributed by atoms with Crippen LogP contribution in [0.5, 0.6) is 0 Å². The highest BCUT2D eigenvalue weighted by Crippen LogP contribution is 2.38. The van der Waals surface area contributed by atoms with Crippen molar-refractivity contribution in [2.24, 2.45) is 0 Å². The van der Waals surface area contributed by atoms with Gasteiger partial charge in [-0.3, -0.25) is 14.7 Å². The number of aldehydes is 1. The molecule has 33 heavy (non-hydrogen) atoms. The van der Waals surface area contributed by atoms with E-state index in [0.717, 1.165) is 17.2 Å². The number of amides is 1. The molecule has 0 unspecified atom stereocenters. The van der Waals surface area contributed by atoms with E-state index < -0.39 is 11.4 Å². The monoisotopic (exact) mass is 445 g/mol. The predicted molar refractivity (Wildman–Crippen MR) is 124 cm³/mol. The van der Waals surface area contributed by atoms with E-state index in [1.54, 1.807) is 47.4 Å². The van der Waals surface area contributed by atoms with Gasteiger partial charge in [0, 0.05) is 31.2 Å². The Labute approximate surface area is 192 Å². The molecule has 2 radical (unpaired) electrons. The van der Waals surface area contributed by atoms with Crippen molar-refractivity contribution in [3.8, 4) is 0 Å². The number of anilines is 1. The van der Waals surface area contributed by atoms with Crippen LogP contribution < -0.4 is 10.4 Å². The molecule has 4 rings (SSSR count). The van der Waals surface area contributed by atoms with E-state index in [0.29, 0.717) is 48.3 Å². The number of benzene rings is 1. The molecule has 1 aliphatic rings. The van der Waals surface area contributed by atoms with Crippen LogP contribution in [-0.2, 0) is 19.7 Å². The number of hydrogen-bond acceptors (Lipinski definition) is 7. The van der Waals surface area contributed by atoms with Gasteiger partial charge in [0.25, 0.3) is 5.91 Å². The Morgan fingerprint density at radius 1 is 1.30 bits per heavy atom. The maximum absolute atomic E-state index is 13.1. The van der Waals surface area contributed by atoms with Crippen LogP contribution in [0, 0.1) is 0 Å². The number of likely N-dealkylation sites (N-methyl/N-ethyl adjacent to an activating group) is 1. The largest absolute Gasteiger partial charge is 0.468 e. The number of aromatic amines is 1. The van der Waals surface area contributed by atoms with Crippen LogP contribution in [0.3, 0.4) is 0 Å². The molecular weight excluding hydrogens is 421 g/mol. The Hall–Kier alpha value is -3.69. The van der Waals surface area contributed by atoms with E-state index in [1.165, 1.54) is 7.11 Å². The molecule has 168 valence electrons. The number of rotatable bonds is 6. The quantitative estimate of drug-likeness (QED) is 0.339. The average molecular weight is 445 g/mol. The second-order valence-electron chi connectivity index (χ2n) is 8.27. The summed E-state index contributed by atoms with van der Waals surface area (Å²) in [4.78, 5) is 45.0. The maximum atomic E-state index is 13.1. The highest BCUT2D eigenvalue weighted by molar-refractivity contribution is 6.34. The van der Waals surface area contributed by atoms with Crippen molar-refractivity contribution in [1.82, 2.24) is 20.1 Å². The fourth-order valence-corrected chi connectivity index (χ4v) is 4.42. The second kappa shape index (κ2) is 9.05. The highest BCUT2D eigenvalue weighted by Gasteiger charge is 2.40. The van der Waals surface area contributed by atoms with Crippen LogP contribution in [0.25, 0.3) is 10.9 Å². The lowest BCUT2D eigenvalue weighted by Gasteiger charge is -2.41. The molecule has 1 aromatic carbocycles. The molecule has 1 saturated heterocycles. The highest BCUT2D eigenvalue weighted by atomic mass is 16.5. The van der Waals surface area contributed by atoms with Gasteiger partial charge in [-0.1, -0.05) is 17.6 Å². The van der Waals surface area contributed by atoms with Crippen molar-refractivity contribution in [3.63, 3.8) is 0 Å². The summed E-state index contributed by atoms with van der Waals surface area (Å²) in [5, 5.41) is 7.58. The van der Waals surface area contributed by atoms with Gasteiger partial charge in [0.15, 0.2) is 0 Å². The first-order valence-corrected chi connectivity index (χ1v) is 10.6. The average Bonchev–Trinajstić information content (AvgIpc) is 3.31. The smallest absolute Gasteiger partial charge is 0.325 e. The van der Waals surface area contributed by atoms with Crippen LogP contribution >= 0.6 is 0 Å². The van der Waals surface area contributed by atoms with Crippen LogP contribution in [0.4, 0.5) is 5.69 Å². The van der Waals surface area contributed by atoms with Crippen molar-refractivity contribution in [2.45, 2.75) is 18.3 Å². The number of hydrogen-bond donors (Lipinski definition) is 1. The van der Waals surface area contributed by atoms with Gasteiger partial charge in [-0.15, -0.1) is 0 Å². The lowest BCUT2D eigenvalue weighted by molar-refractivity contribution is -0.138. The van der Waals surface area contributed by atoms with Crippen molar-refractivity contribution in [2.75, 3.05) is 38.7 Å². The molecule has 3 aromatic rings. The summed E-state index contributed by atoms with van der Waals surface area (Å²) in [7, 11) is 9.42. The van der Waals surface area contributed by atoms with E-state index in [4.69, 9.17) is 12.6 Å². The fraction of sp³-hybridized carbons (Fsp3) is 0.348. The molecule has 1 fully saturated rings. The minimum Gasteiger partial charge on any atom is -0.468 e. The molecule has 0 atom stereocenters. The molecule has 0 aliphatic carbocycles. The first-order chi connectivity index (χ1) is 15.9. The summed E-state index contributed by atoms with van der Waals surface area (Å²) in [6, 6.07) is 7.08. The normalized spacial score (nSPS) is 15.3. The van der Waals surface area contributed by atoms with Gasteiger partial charge in [-0.25, -0.2) is 4.98 Å². The molecule has 0 spiro atoms. The number of carbonyl (C=O) groups excluding carboxylic acids is 3. The SMILES string of the molecule is [B]c1cccc(N(C)CC(=O)OC)c1C1(C=O)CCN(C(=O)c2cc3cn[nH]c3cn2)CC1. The van der Waals surface area contributed by atoms with Crippen molar-refractivity contribution < 1.29 is 19.1 Å². The van der Waals surface area contributed by atoms with Crippen LogP contribution in [-0.4, -0.2) is 79.9 Å². The standard InChI is InChI=1S/C23H24BN5O4/c1-28(13-20(31)33-2)19-5-3-4-16(24)21(19)23(14-30)6-8-29(9-7-23)22(32)17-10-15-11-26-27-18(15)12-25-17/h3-5,10-12,14H,6-9,13H2,1-2H3,(H,26,27). The Balaban J connectivity index is 1.58. The molecule has 1 aliphatic heterocycles. The number of pyridine rings is 1. The molecule has 0 saturated carbocycles. The van der Waals surface area contributed by atoms with E-state index in [1.807, 2.05) is 6.07 Å². The summed E-state index contributed by atoms with van der Waals surface area (Å²) in [5.74, 6) is -0.588. The number of carbonyl (C=O) groups is 3. The number of likely N-dealkylation sites (tertiary alicyclic amines) is 1. The number of nitrogens with zero attached hydrogens (tertiary/aromatic N) is 4. The molecule has 1 N–H and O–H groups in total. The summed E-state index contributed by atoms with van der Waals surface area (Å²) in [6.45, 7) is 0.767. The summed E-state index contributed by atoms with van der Waals surface area (Å²) >= 11 is 0. The van der Waals surface area contributed by atoms with Crippen molar-refractivity contribution in [1.29, 1.82) is 0 Å². The van der Waals surface area contributed by atoms with Gasteiger partial charge in [0.2, 0.25) is 0 Å². The molecule has 3 heterocycles. The molecule has 10 heteroatoms. The van der Waals surface area contributed by atoms with Crippen LogP contribution in [0.2, 0.25) is 0 Å². The summed E-state index contributed by atoms with van der Waals surface area (Å²) < 4.78 is 4.78. The minimum absolute atomic E-state index is 0.0225. The van der Waals surface area contributed by atoms with Gasteiger partial charge in [0.1, 0.15) is 26.4 Å². The first-order valence-electron chi connectivity index (χ1n) is 10.6. The number of methoxy groups -OCH3 is 1. The molecule has 9 nitrogen and oxygen atoms in total. The molecule has 0 bridgehead atoms. The topological polar surface area (TPSA) is 108 Å². The number of esters is 1. The predicted octanol–water partition coefficient (Wildman–Crippen LogP) is 0.734. The van der Waals surface area contributed by atoms with Gasteiger partial charge in [-0.05, 0) is 30.5 Å². The van der Waals surface area contributed by atoms with Crippen LogP contribution in [0.1, 0.15) is 28.9 Å². The summed E-state index contributed by atoms with van der Waals surface area (Å²) in [6.07, 6.45) is 4.97. The van der Waals surface area contributed by atoms with E-state index in [2.05, 4.69) is 15.2 Å². The Kier molecular flexibility index (Phi) is 6.17. The molecular formula is C23H24BN5O4. The Morgan fingerprint density at radius 2 is 2.06 bits per heavy atom. The third kappa shape index (κ3) is 4.20. The Bertz CT molecular complexity index is 1200. The first kappa shape index (κ1) is 22.5. The summed E-state index contributed by atoms with van der Waals surface area (Å²) in [5.41, 5.74) is 2.07. The van der Waals surface area contributed by atoms with Gasteiger partial charge >= 0.3 is 5.97 Å². The lowest BCUT2D eigenvalue weighted by Crippen LogP contribution is -2.48. The zero-order valence-corrected chi connectivity index (χ0v) is 18.6. The number of aromatic nitrogens is 3. The van der Waals surface area contributed by atoms with E-state index in [-0.39, 0.29) is 12.5 Å². The zero-order valence-electron chi connectivity index (χ0n) is 18.6. The van der Waals surface area contributed by atoms with Gasteiger partial charge < -0.3 is 19.3 Å². The van der Waals surface area contributed by atoms with E-state index >= 15 is 0 Å². The van der Waals surface area contributed by atoms with Crippen molar-refractivity contribution >= 4 is 48.1 Å². The third-order valence-electron chi connectivity index (χ3n) is 6.29. The number of H-pyrrole nitrogens is 1.